The summed E-state index contributed by atoms with van der Waals surface area (Å²) >= 11 is 6.86. The van der Waals surface area contributed by atoms with Gasteiger partial charge in [0.1, 0.15) is 3.70 Å². The van der Waals surface area contributed by atoms with E-state index in [2.05, 4.69) is 142 Å². The molecule has 2 heterocycles. The van der Waals surface area contributed by atoms with Crippen molar-refractivity contribution in [1.82, 2.24) is 14.1 Å². The molecule has 0 fully saturated rings. The van der Waals surface area contributed by atoms with Gasteiger partial charge in [-0.3, -0.25) is 0 Å². The number of halogens is 2. The van der Waals surface area contributed by atoms with E-state index >= 15 is 0 Å². The van der Waals surface area contributed by atoms with Crippen molar-refractivity contribution in [1.29, 1.82) is 0 Å². The Bertz CT molecular complexity index is 843. The van der Waals surface area contributed by atoms with Gasteiger partial charge in [0.15, 0.2) is 0 Å². The van der Waals surface area contributed by atoms with E-state index < -0.39 is 0 Å². The fourth-order valence-electron chi connectivity index (χ4n) is 2.14. The maximum Gasteiger partial charge on any atom is 0.114 e. The molecule has 0 N–H and O–H groups in total. The molecule has 25 heavy (non-hydrogen) atoms. The third kappa shape index (κ3) is 6.43. The summed E-state index contributed by atoms with van der Waals surface area (Å²) in [5.41, 5.74) is 1.47. The number of imidazole rings is 1. The van der Waals surface area contributed by atoms with E-state index in [0.29, 0.717) is 0 Å². The Balaban J connectivity index is 0.000000236. The Kier molecular flexibility index (Phi) is 8.08. The molecule has 0 atom stereocenters. The van der Waals surface area contributed by atoms with Crippen LogP contribution in [0, 0.1) is 11.1 Å². The number of nitrogens with zero attached hydrogens (tertiary/aromatic N) is 3. The third-order valence-corrected chi connectivity index (χ3v) is 7.39. The summed E-state index contributed by atoms with van der Waals surface area (Å²) in [5, 5.41) is 0. The van der Waals surface area contributed by atoms with Gasteiger partial charge in [-0.05, 0) is 57.3 Å². The van der Waals surface area contributed by atoms with E-state index in [4.69, 9.17) is 0 Å². The molecule has 2 aromatic heterocycles. The SMILES string of the molecule is CC(C)(C)n1ccn(Cc2ccccc2)[c]1=[Pt].Ic1cccnc1I. The quantitative estimate of drug-likeness (QED) is 0.253. The molecule has 0 bridgehead atoms. The number of rotatable bonds is 2. The second-order valence-electron chi connectivity index (χ2n) is 6.47. The topological polar surface area (TPSA) is 22.8 Å². The first-order chi connectivity index (χ1) is 11.8. The molecule has 0 unspecified atom stereocenters. The molecular formula is C19H21I2N3Pt. The standard InChI is InChI=1S/C14H18N2.C5H3I2N.Pt/c1-14(2,3)16-10-9-15(12-16)11-13-7-5-4-6-8-13;6-4-2-1-3-8-5(4)7;/h4-10H,11H2,1-3H3;1-3H;. The van der Waals surface area contributed by atoms with Gasteiger partial charge in [0.05, 0.1) is 0 Å². The second-order valence-corrected chi connectivity index (χ2v) is 9.67. The first-order valence-electron chi connectivity index (χ1n) is 7.82. The first-order valence-corrected chi connectivity index (χ1v) is 11.1. The number of benzene rings is 1. The van der Waals surface area contributed by atoms with Crippen LogP contribution in [0.3, 0.4) is 0 Å². The van der Waals surface area contributed by atoms with Crippen LogP contribution in [0.25, 0.3) is 0 Å². The normalized spacial score (nSPS) is 11.0. The van der Waals surface area contributed by atoms with E-state index in [9.17, 15) is 0 Å². The van der Waals surface area contributed by atoms with Crippen LogP contribution in [-0.4, -0.2) is 14.1 Å². The predicted molar refractivity (Wildman–Crippen MR) is 116 cm³/mol. The van der Waals surface area contributed by atoms with Gasteiger partial charge in [0, 0.05) is 9.77 Å². The summed E-state index contributed by atoms with van der Waals surface area (Å²) in [6, 6.07) is 14.5. The number of hydrogen-bond acceptors (Lipinski definition) is 1. The van der Waals surface area contributed by atoms with Gasteiger partial charge >= 0.3 is 113 Å². The molecule has 0 aliphatic carbocycles. The zero-order valence-corrected chi connectivity index (χ0v) is 21.0. The van der Waals surface area contributed by atoms with Crippen molar-refractivity contribution in [2.75, 3.05) is 0 Å². The number of pyridine rings is 1. The van der Waals surface area contributed by atoms with Crippen molar-refractivity contribution in [2.24, 2.45) is 0 Å². The van der Waals surface area contributed by atoms with Crippen molar-refractivity contribution in [3.63, 3.8) is 0 Å². The molecular weight excluding hydrogens is 719 g/mol. The minimum absolute atomic E-state index is 0.138. The van der Waals surface area contributed by atoms with Gasteiger partial charge in [0.2, 0.25) is 0 Å². The summed E-state index contributed by atoms with van der Waals surface area (Å²) in [4.78, 5) is 4.06. The van der Waals surface area contributed by atoms with Gasteiger partial charge < -0.3 is 0 Å². The minimum atomic E-state index is 0.138. The zero-order valence-electron chi connectivity index (χ0n) is 14.4. The van der Waals surface area contributed by atoms with Crippen molar-refractivity contribution < 1.29 is 19.4 Å². The Morgan fingerprint density at radius 3 is 2.16 bits per heavy atom. The van der Waals surface area contributed by atoms with Crippen molar-refractivity contribution in [2.45, 2.75) is 32.9 Å². The molecule has 0 spiro atoms. The smallest absolute Gasteiger partial charge is 0.114 e. The summed E-state index contributed by atoms with van der Waals surface area (Å²) in [6.45, 7) is 7.61. The van der Waals surface area contributed by atoms with Crippen molar-refractivity contribution in [3.05, 3.63) is 77.7 Å². The van der Waals surface area contributed by atoms with E-state index in [1.165, 1.54) is 12.9 Å². The van der Waals surface area contributed by atoms with Gasteiger partial charge in [-0.1, -0.05) is 0 Å². The fourth-order valence-corrected chi connectivity index (χ4v) is 4.11. The third-order valence-electron chi connectivity index (χ3n) is 3.43. The molecule has 3 aromatic rings. The molecule has 1 aromatic carbocycles. The van der Waals surface area contributed by atoms with E-state index in [-0.39, 0.29) is 5.54 Å². The largest absolute Gasteiger partial charge is 0.249 e. The second kappa shape index (κ2) is 9.60. The van der Waals surface area contributed by atoms with Crippen LogP contribution in [0.15, 0.2) is 61.1 Å². The zero-order chi connectivity index (χ0) is 18.4. The van der Waals surface area contributed by atoms with Crippen LogP contribution in [0.4, 0.5) is 0 Å². The first kappa shape index (κ1) is 21.0. The van der Waals surface area contributed by atoms with Gasteiger partial charge in [-0.2, -0.15) is 0 Å². The Morgan fingerprint density at radius 2 is 1.68 bits per heavy atom. The van der Waals surface area contributed by atoms with Gasteiger partial charge in [-0.15, -0.1) is 0 Å². The van der Waals surface area contributed by atoms with Crippen LogP contribution in [0.2, 0.25) is 0 Å². The van der Waals surface area contributed by atoms with Crippen LogP contribution in [0.1, 0.15) is 26.3 Å². The summed E-state index contributed by atoms with van der Waals surface area (Å²) in [7, 11) is 0. The molecule has 0 aliphatic heterocycles. The molecule has 0 aliphatic rings. The molecule has 136 valence electrons. The molecule has 0 radical (unpaired) electrons. The van der Waals surface area contributed by atoms with Crippen molar-refractivity contribution in [3.8, 4) is 0 Å². The van der Waals surface area contributed by atoms with Gasteiger partial charge in [0.25, 0.3) is 0 Å². The molecule has 0 amide bonds. The Labute approximate surface area is 187 Å². The van der Waals surface area contributed by atoms with E-state index in [0.717, 1.165) is 10.2 Å². The number of hydrogen-bond donors (Lipinski definition) is 0. The van der Waals surface area contributed by atoms with Gasteiger partial charge in [-0.25, -0.2) is 4.98 Å². The summed E-state index contributed by atoms with van der Waals surface area (Å²) in [5.74, 6) is 0. The summed E-state index contributed by atoms with van der Waals surface area (Å²) in [6.07, 6.45) is 6.11. The predicted octanol–water partition coefficient (Wildman–Crippen LogP) is 5.46. The fraction of sp³-hybridized carbons (Fsp3) is 0.263. The van der Waals surface area contributed by atoms with Crippen LogP contribution in [-0.2, 0) is 31.4 Å². The van der Waals surface area contributed by atoms with E-state index in [1.54, 1.807) is 6.20 Å². The molecule has 0 saturated carbocycles. The number of aromatic nitrogens is 3. The average Bonchev–Trinajstić information content (AvgIpc) is 2.93. The molecule has 3 rings (SSSR count). The van der Waals surface area contributed by atoms with Crippen molar-refractivity contribution >= 4 is 45.2 Å². The van der Waals surface area contributed by atoms with Crippen LogP contribution >= 0.6 is 45.2 Å². The maximum absolute atomic E-state index is 4.06. The van der Waals surface area contributed by atoms with Crippen LogP contribution < -0.4 is 0 Å². The Morgan fingerprint density at radius 1 is 1.00 bits per heavy atom. The van der Waals surface area contributed by atoms with E-state index in [1.807, 2.05) is 12.1 Å². The maximum atomic E-state index is 4.06. The monoisotopic (exact) mass is 740 g/mol. The average molecular weight is 740 g/mol. The molecule has 0 saturated heterocycles. The Hall–Kier alpha value is -0.272. The van der Waals surface area contributed by atoms with Crippen LogP contribution in [0.5, 0.6) is 0 Å². The minimum Gasteiger partial charge on any atom is -0.249 e. The summed E-state index contributed by atoms with van der Waals surface area (Å²) < 4.78 is 8.14. The molecule has 3 nitrogen and oxygen atoms in total. The molecule has 6 heteroatoms.